The maximum Gasteiger partial charge on any atom is 0.417 e. The van der Waals surface area contributed by atoms with Gasteiger partial charge in [0, 0.05) is 12.2 Å². The first-order valence-corrected chi connectivity index (χ1v) is 6.84. The van der Waals surface area contributed by atoms with E-state index in [1.165, 1.54) is 12.8 Å². The molecule has 19 heavy (non-hydrogen) atoms. The molecule has 1 aromatic heterocycles. The van der Waals surface area contributed by atoms with E-state index < -0.39 is 11.7 Å². The quantitative estimate of drug-likeness (QED) is 0.785. The lowest BCUT2D eigenvalue weighted by Gasteiger charge is -2.18. The second-order valence-electron chi connectivity index (χ2n) is 4.89. The Kier molecular flexibility index (Phi) is 4.55. The van der Waals surface area contributed by atoms with Crippen LogP contribution in [0.5, 0.6) is 0 Å². The largest absolute Gasteiger partial charge is 0.417 e. The number of nitrogens with zero attached hydrogens (tertiary/aromatic N) is 1. The normalized spacial score (nSPS) is 18.1. The van der Waals surface area contributed by atoms with Gasteiger partial charge in [-0.1, -0.05) is 37.3 Å². The fraction of sp³-hybridized carbons (Fsp3) is 0.615. The van der Waals surface area contributed by atoms with Crippen LogP contribution in [-0.4, -0.2) is 11.0 Å². The molecule has 0 aliphatic heterocycles. The van der Waals surface area contributed by atoms with E-state index in [-0.39, 0.29) is 11.1 Å². The third kappa shape index (κ3) is 4.00. The van der Waals surface area contributed by atoms with Crippen molar-refractivity contribution in [1.29, 1.82) is 0 Å². The average molecular weight is 293 g/mol. The van der Waals surface area contributed by atoms with Crippen LogP contribution >= 0.6 is 11.6 Å². The molecule has 1 fully saturated rings. The summed E-state index contributed by atoms with van der Waals surface area (Å²) in [6, 6.07) is 1.18. The monoisotopic (exact) mass is 292 g/mol. The smallest absolute Gasteiger partial charge is 0.366 e. The first-order chi connectivity index (χ1) is 8.97. The van der Waals surface area contributed by atoms with Crippen LogP contribution in [-0.2, 0) is 6.18 Å². The van der Waals surface area contributed by atoms with E-state index in [0.717, 1.165) is 37.9 Å². The van der Waals surface area contributed by atoms with Gasteiger partial charge in [0.25, 0.3) is 0 Å². The predicted molar refractivity (Wildman–Crippen MR) is 69.4 cm³/mol. The minimum Gasteiger partial charge on any atom is -0.366 e. The molecule has 2 nitrogen and oxygen atoms in total. The Hall–Kier alpha value is -0.970. The van der Waals surface area contributed by atoms with E-state index in [1.54, 1.807) is 0 Å². The van der Waals surface area contributed by atoms with E-state index >= 15 is 0 Å². The molecule has 0 saturated heterocycles. The number of aromatic nitrogens is 1. The molecule has 1 saturated carbocycles. The van der Waals surface area contributed by atoms with Crippen molar-refractivity contribution in [2.45, 2.75) is 50.7 Å². The highest BCUT2D eigenvalue weighted by atomic mass is 35.5. The van der Waals surface area contributed by atoms with Crippen molar-refractivity contribution < 1.29 is 13.2 Å². The Morgan fingerprint density at radius 2 is 1.79 bits per heavy atom. The van der Waals surface area contributed by atoms with Gasteiger partial charge in [-0.05, 0) is 18.9 Å². The standard InChI is InChI=1S/C13H16ClF3N2/c14-11-7-9(13(15,16)17)8-18-12(11)19-10-5-3-1-2-4-6-10/h7-8,10H,1-6H2,(H,18,19). The number of nitrogens with one attached hydrogen (secondary N) is 1. The Morgan fingerprint density at radius 1 is 1.16 bits per heavy atom. The van der Waals surface area contributed by atoms with Gasteiger partial charge in [-0.3, -0.25) is 0 Å². The molecule has 0 bridgehead atoms. The lowest BCUT2D eigenvalue weighted by Crippen LogP contribution is -2.19. The summed E-state index contributed by atoms with van der Waals surface area (Å²) in [7, 11) is 0. The molecule has 1 aromatic rings. The zero-order valence-electron chi connectivity index (χ0n) is 10.4. The zero-order valence-corrected chi connectivity index (χ0v) is 11.2. The highest BCUT2D eigenvalue weighted by molar-refractivity contribution is 6.33. The molecule has 0 spiro atoms. The maximum atomic E-state index is 12.5. The Morgan fingerprint density at radius 3 is 2.32 bits per heavy atom. The summed E-state index contributed by atoms with van der Waals surface area (Å²) < 4.78 is 37.5. The molecule has 1 aliphatic rings. The van der Waals surface area contributed by atoms with E-state index in [2.05, 4.69) is 10.3 Å². The van der Waals surface area contributed by atoms with Crippen LogP contribution in [0.25, 0.3) is 0 Å². The molecule has 1 aliphatic carbocycles. The fourth-order valence-electron chi connectivity index (χ4n) is 2.32. The van der Waals surface area contributed by atoms with Gasteiger partial charge < -0.3 is 5.32 Å². The molecule has 1 N–H and O–H groups in total. The lowest BCUT2D eigenvalue weighted by atomic mass is 10.1. The SMILES string of the molecule is FC(F)(F)c1cnc(NC2CCCCCC2)c(Cl)c1. The highest BCUT2D eigenvalue weighted by Gasteiger charge is 2.31. The minimum absolute atomic E-state index is 0.0269. The number of rotatable bonds is 2. The first-order valence-electron chi connectivity index (χ1n) is 6.46. The van der Waals surface area contributed by atoms with Crippen molar-refractivity contribution in [3.63, 3.8) is 0 Å². The average Bonchev–Trinajstić information content (AvgIpc) is 2.59. The van der Waals surface area contributed by atoms with Crippen LogP contribution in [0.2, 0.25) is 5.02 Å². The van der Waals surface area contributed by atoms with Crippen LogP contribution in [0.4, 0.5) is 19.0 Å². The Balaban J connectivity index is 2.08. The van der Waals surface area contributed by atoms with Gasteiger partial charge in [0.05, 0.1) is 10.6 Å². The maximum absolute atomic E-state index is 12.5. The van der Waals surface area contributed by atoms with Crippen LogP contribution in [0, 0.1) is 0 Å². The molecular formula is C13H16ClF3N2. The van der Waals surface area contributed by atoms with Crippen LogP contribution < -0.4 is 5.32 Å². The van der Waals surface area contributed by atoms with Crippen LogP contribution in [0.15, 0.2) is 12.3 Å². The van der Waals surface area contributed by atoms with Gasteiger partial charge in [0.15, 0.2) is 0 Å². The van der Waals surface area contributed by atoms with Gasteiger partial charge in [-0.15, -0.1) is 0 Å². The zero-order chi connectivity index (χ0) is 13.9. The second-order valence-corrected chi connectivity index (χ2v) is 5.29. The van der Waals surface area contributed by atoms with Crippen molar-refractivity contribution in [2.75, 3.05) is 5.32 Å². The third-order valence-electron chi connectivity index (χ3n) is 3.36. The number of anilines is 1. The Labute approximate surface area is 115 Å². The van der Waals surface area contributed by atoms with E-state index in [9.17, 15) is 13.2 Å². The molecule has 0 aromatic carbocycles. The number of hydrogen-bond donors (Lipinski definition) is 1. The van der Waals surface area contributed by atoms with Gasteiger partial charge in [0.2, 0.25) is 0 Å². The van der Waals surface area contributed by atoms with Gasteiger partial charge in [-0.2, -0.15) is 13.2 Å². The number of alkyl halides is 3. The first kappa shape index (κ1) is 14.4. The molecule has 0 atom stereocenters. The lowest BCUT2D eigenvalue weighted by molar-refractivity contribution is -0.137. The summed E-state index contributed by atoms with van der Waals surface area (Å²) in [5.41, 5.74) is -0.816. The molecule has 0 unspecified atom stereocenters. The van der Waals surface area contributed by atoms with Crippen molar-refractivity contribution in [3.8, 4) is 0 Å². The molecule has 0 radical (unpaired) electrons. The van der Waals surface area contributed by atoms with Crippen LogP contribution in [0.1, 0.15) is 44.1 Å². The summed E-state index contributed by atoms with van der Waals surface area (Å²) in [5.74, 6) is 0.349. The van der Waals surface area contributed by atoms with Crippen LogP contribution in [0.3, 0.4) is 0 Å². The molecule has 0 amide bonds. The van der Waals surface area contributed by atoms with Gasteiger partial charge in [-0.25, -0.2) is 4.98 Å². The van der Waals surface area contributed by atoms with E-state index in [1.807, 2.05) is 0 Å². The Bertz CT molecular complexity index is 426. The van der Waals surface area contributed by atoms with Crippen molar-refractivity contribution in [1.82, 2.24) is 4.98 Å². The number of pyridine rings is 1. The fourth-order valence-corrected chi connectivity index (χ4v) is 2.54. The molecule has 1 heterocycles. The van der Waals surface area contributed by atoms with Crippen molar-refractivity contribution in [2.24, 2.45) is 0 Å². The molecular weight excluding hydrogens is 277 g/mol. The minimum atomic E-state index is -4.41. The van der Waals surface area contributed by atoms with E-state index in [0.29, 0.717) is 5.82 Å². The molecule has 106 valence electrons. The summed E-state index contributed by atoms with van der Waals surface area (Å²) in [6.07, 6.45) is 3.14. The molecule has 6 heteroatoms. The highest BCUT2D eigenvalue weighted by Crippen LogP contribution is 2.33. The summed E-state index contributed by atoms with van der Waals surface area (Å²) in [6.45, 7) is 0. The van der Waals surface area contributed by atoms with Gasteiger partial charge in [0.1, 0.15) is 5.82 Å². The summed E-state index contributed by atoms with van der Waals surface area (Å²) in [4.78, 5) is 3.81. The van der Waals surface area contributed by atoms with Crippen molar-refractivity contribution in [3.05, 3.63) is 22.8 Å². The number of halogens is 4. The summed E-state index contributed by atoms with van der Waals surface area (Å²) >= 11 is 5.87. The molecule has 2 rings (SSSR count). The summed E-state index contributed by atoms with van der Waals surface area (Å²) in [5, 5.41) is 3.18. The van der Waals surface area contributed by atoms with Crippen molar-refractivity contribution >= 4 is 17.4 Å². The number of hydrogen-bond acceptors (Lipinski definition) is 2. The second kappa shape index (κ2) is 5.99. The predicted octanol–water partition coefficient (Wildman–Crippen LogP) is 4.89. The van der Waals surface area contributed by atoms with E-state index in [4.69, 9.17) is 11.6 Å². The van der Waals surface area contributed by atoms with Gasteiger partial charge >= 0.3 is 6.18 Å². The topological polar surface area (TPSA) is 24.9 Å². The third-order valence-corrected chi connectivity index (χ3v) is 3.65.